The standard InChI is InChI=1S/C17H20N6O/c1-10-3-2-4-12(7-10)20-15-14-13(8-19-16(14)24)21-17(22-15)23-6-5-11(18)9-23/h2-4,7-8,11,19,24H,5-6,9,18H2,1H3,(H,20,21,22). The maximum Gasteiger partial charge on any atom is 0.228 e. The second kappa shape index (κ2) is 5.68. The summed E-state index contributed by atoms with van der Waals surface area (Å²) in [5.74, 6) is 1.27. The van der Waals surface area contributed by atoms with Gasteiger partial charge in [-0.2, -0.15) is 4.98 Å². The van der Waals surface area contributed by atoms with Crippen molar-refractivity contribution >= 4 is 28.4 Å². The lowest BCUT2D eigenvalue weighted by Crippen LogP contribution is -2.27. The number of benzene rings is 1. The minimum absolute atomic E-state index is 0.0600. The van der Waals surface area contributed by atoms with Crippen molar-refractivity contribution in [3.05, 3.63) is 36.0 Å². The van der Waals surface area contributed by atoms with Crippen molar-refractivity contribution in [1.82, 2.24) is 15.0 Å². The van der Waals surface area contributed by atoms with Crippen LogP contribution in [0.15, 0.2) is 30.5 Å². The molecule has 0 aliphatic carbocycles. The molecule has 124 valence electrons. The number of rotatable bonds is 3. The van der Waals surface area contributed by atoms with Gasteiger partial charge in [-0.25, -0.2) is 4.98 Å². The van der Waals surface area contributed by atoms with Gasteiger partial charge in [-0.15, -0.1) is 0 Å². The molecule has 7 nitrogen and oxygen atoms in total. The van der Waals surface area contributed by atoms with Gasteiger partial charge in [-0.05, 0) is 31.0 Å². The Morgan fingerprint density at radius 2 is 2.25 bits per heavy atom. The zero-order chi connectivity index (χ0) is 16.7. The van der Waals surface area contributed by atoms with Gasteiger partial charge in [0.05, 0.1) is 5.52 Å². The van der Waals surface area contributed by atoms with Crippen LogP contribution in [0.5, 0.6) is 5.88 Å². The van der Waals surface area contributed by atoms with Crippen LogP contribution in [-0.2, 0) is 0 Å². The van der Waals surface area contributed by atoms with Gasteiger partial charge < -0.3 is 26.0 Å². The highest BCUT2D eigenvalue weighted by Gasteiger charge is 2.23. The Bertz CT molecular complexity index is 890. The fourth-order valence-electron chi connectivity index (χ4n) is 3.07. The molecule has 0 spiro atoms. The fourth-order valence-corrected chi connectivity index (χ4v) is 3.07. The summed E-state index contributed by atoms with van der Waals surface area (Å²) in [6.07, 6.45) is 2.62. The number of aryl methyl sites for hydroxylation is 1. The summed E-state index contributed by atoms with van der Waals surface area (Å²) < 4.78 is 0. The molecule has 5 N–H and O–H groups in total. The second-order valence-electron chi connectivity index (χ2n) is 6.26. The van der Waals surface area contributed by atoms with Gasteiger partial charge in [-0.3, -0.25) is 0 Å². The Hall–Kier alpha value is -2.80. The Morgan fingerprint density at radius 3 is 3.00 bits per heavy atom. The molecule has 1 aromatic carbocycles. The number of hydrogen-bond donors (Lipinski definition) is 4. The van der Waals surface area contributed by atoms with Crippen LogP contribution in [-0.4, -0.2) is 39.2 Å². The zero-order valence-corrected chi connectivity index (χ0v) is 13.5. The molecule has 0 bridgehead atoms. The normalized spacial score (nSPS) is 17.6. The maximum atomic E-state index is 10.1. The van der Waals surface area contributed by atoms with Crippen LogP contribution >= 0.6 is 0 Å². The first-order valence-corrected chi connectivity index (χ1v) is 8.02. The number of aromatic amines is 1. The third-order valence-electron chi connectivity index (χ3n) is 4.30. The molecule has 0 saturated carbocycles. The molecule has 24 heavy (non-hydrogen) atoms. The predicted octanol–water partition coefficient (Wildman–Crippen LogP) is 2.25. The number of aromatic hydroxyl groups is 1. The highest BCUT2D eigenvalue weighted by molar-refractivity contribution is 5.96. The van der Waals surface area contributed by atoms with Gasteiger partial charge >= 0.3 is 0 Å². The summed E-state index contributed by atoms with van der Waals surface area (Å²) >= 11 is 0. The van der Waals surface area contributed by atoms with Gasteiger partial charge in [0.15, 0.2) is 0 Å². The van der Waals surface area contributed by atoms with Crippen molar-refractivity contribution in [3.8, 4) is 5.88 Å². The van der Waals surface area contributed by atoms with E-state index in [1.54, 1.807) is 6.20 Å². The zero-order valence-electron chi connectivity index (χ0n) is 13.5. The molecule has 1 aliphatic heterocycles. The average molecular weight is 324 g/mol. The lowest BCUT2D eigenvalue weighted by atomic mass is 10.2. The van der Waals surface area contributed by atoms with Crippen molar-refractivity contribution in [2.75, 3.05) is 23.3 Å². The van der Waals surface area contributed by atoms with Gasteiger partial charge in [0.1, 0.15) is 11.2 Å². The van der Waals surface area contributed by atoms with E-state index in [0.717, 1.165) is 30.8 Å². The summed E-state index contributed by atoms with van der Waals surface area (Å²) in [5, 5.41) is 14.0. The number of nitrogens with two attached hydrogens (primary N) is 1. The molecule has 1 unspecified atom stereocenters. The Balaban J connectivity index is 1.78. The maximum absolute atomic E-state index is 10.1. The number of nitrogens with one attached hydrogen (secondary N) is 2. The highest BCUT2D eigenvalue weighted by Crippen LogP contribution is 2.33. The van der Waals surface area contributed by atoms with E-state index in [0.29, 0.717) is 22.7 Å². The molecular weight excluding hydrogens is 304 g/mol. The summed E-state index contributed by atoms with van der Waals surface area (Å²) in [7, 11) is 0. The number of anilines is 3. The van der Waals surface area contributed by atoms with Gasteiger partial charge in [-0.1, -0.05) is 12.1 Å². The molecule has 1 aliphatic rings. The lowest BCUT2D eigenvalue weighted by Gasteiger charge is -2.17. The third-order valence-corrected chi connectivity index (χ3v) is 4.30. The molecule has 4 rings (SSSR count). The first-order valence-electron chi connectivity index (χ1n) is 8.02. The first-order chi connectivity index (χ1) is 11.6. The van der Waals surface area contributed by atoms with Crippen LogP contribution in [0.25, 0.3) is 10.9 Å². The van der Waals surface area contributed by atoms with Gasteiger partial charge in [0, 0.05) is 31.0 Å². The van der Waals surface area contributed by atoms with Gasteiger partial charge in [0.25, 0.3) is 0 Å². The third kappa shape index (κ3) is 2.63. The first kappa shape index (κ1) is 14.8. The van der Waals surface area contributed by atoms with Crippen molar-refractivity contribution in [2.24, 2.45) is 5.73 Å². The number of fused-ring (bicyclic) bond motifs is 1. The molecule has 2 aromatic heterocycles. The van der Waals surface area contributed by atoms with E-state index in [9.17, 15) is 5.11 Å². The summed E-state index contributed by atoms with van der Waals surface area (Å²) in [6.45, 7) is 3.62. The predicted molar refractivity (Wildman–Crippen MR) is 94.8 cm³/mol. The summed E-state index contributed by atoms with van der Waals surface area (Å²) in [5.41, 5.74) is 8.74. The van der Waals surface area contributed by atoms with E-state index >= 15 is 0 Å². The topological polar surface area (TPSA) is 103 Å². The molecule has 1 atom stereocenters. The van der Waals surface area contributed by atoms with Crippen LogP contribution in [0, 0.1) is 6.92 Å². The highest BCUT2D eigenvalue weighted by atomic mass is 16.3. The fraction of sp³-hybridized carbons (Fsp3) is 0.294. The van der Waals surface area contributed by atoms with Crippen LogP contribution < -0.4 is 16.0 Å². The number of aromatic nitrogens is 3. The van der Waals surface area contributed by atoms with Crippen LogP contribution in [0.1, 0.15) is 12.0 Å². The summed E-state index contributed by atoms with van der Waals surface area (Å²) in [4.78, 5) is 14.1. The Labute approximate surface area is 139 Å². The van der Waals surface area contributed by atoms with Crippen molar-refractivity contribution in [1.29, 1.82) is 0 Å². The molecule has 0 amide bonds. The van der Waals surface area contributed by atoms with Crippen LogP contribution in [0.3, 0.4) is 0 Å². The second-order valence-corrected chi connectivity index (χ2v) is 6.26. The summed E-state index contributed by atoms with van der Waals surface area (Å²) in [6, 6.07) is 8.16. The van der Waals surface area contributed by atoms with E-state index in [2.05, 4.69) is 25.2 Å². The SMILES string of the molecule is Cc1cccc(Nc2nc(N3CCC(N)C3)nc3c[nH]c(O)c23)c1. The average Bonchev–Trinajstić information content (AvgIpc) is 3.14. The minimum Gasteiger partial charge on any atom is -0.494 e. The quantitative estimate of drug-likeness (QED) is 0.589. The molecule has 0 radical (unpaired) electrons. The molecular formula is C17H20N6O. The molecule has 7 heteroatoms. The largest absolute Gasteiger partial charge is 0.494 e. The van der Waals surface area contributed by atoms with E-state index < -0.39 is 0 Å². The Kier molecular flexibility index (Phi) is 3.50. The van der Waals surface area contributed by atoms with Crippen molar-refractivity contribution in [2.45, 2.75) is 19.4 Å². The number of H-pyrrole nitrogens is 1. The van der Waals surface area contributed by atoms with Gasteiger partial charge in [0.2, 0.25) is 11.8 Å². The Morgan fingerprint density at radius 1 is 1.38 bits per heavy atom. The van der Waals surface area contributed by atoms with Crippen LogP contribution in [0.2, 0.25) is 0 Å². The monoisotopic (exact) mass is 324 g/mol. The number of hydrogen-bond acceptors (Lipinski definition) is 6. The van der Waals surface area contributed by atoms with E-state index in [-0.39, 0.29) is 11.9 Å². The minimum atomic E-state index is 0.0600. The molecule has 1 saturated heterocycles. The molecule has 1 fully saturated rings. The van der Waals surface area contributed by atoms with E-state index in [1.807, 2.05) is 31.2 Å². The van der Waals surface area contributed by atoms with E-state index in [1.165, 1.54) is 0 Å². The lowest BCUT2D eigenvalue weighted by molar-refractivity contribution is 0.462. The van der Waals surface area contributed by atoms with Crippen molar-refractivity contribution < 1.29 is 5.11 Å². The number of nitrogens with zero attached hydrogens (tertiary/aromatic N) is 3. The van der Waals surface area contributed by atoms with Crippen molar-refractivity contribution in [3.63, 3.8) is 0 Å². The smallest absolute Gasteiger partial charge is 0.228 e. The molecule has 3 heterocycles. The van der Waals surface area contributed by atoms with Crippen LogP contribution in [0.4, 0.5) is 17.5 Å². The van der Waals surface area contributed by atoms with E-state index in [4.69, 9.17) is 5.73 Å². The molecule has 3 aromatic rings.